The molecule has 33 heavy (non-hydrogen) atoms. The van der Waals surface area contributed by atoms with E-state index >= 15 is 0 Å². The van der Waals surface area contributed by atoms with E-state index in [-0.39, 0.29) is 16.5 Å². The number of nitrogens with two attached hydrogens (primary N) is 1. The molecule has 2 N–H and O–H groups in total. The molecule has 4 rings (SSSR count). The first-order valence-electron chi connectivity index (χ1n) is 11.0. The van der Waals surface area contributed by atoms with E-state index in [1.54, 1.807) is 18.2 Å². The third kappa shape index (κ3) is 5.06. The number of ether oxygens (including phenoxy) is 1. The normalized spacial score (nSPS) is 15.8. The second-order valence-electron chi connectivity index (χ2n) is 8.30. The Morgan fingerprint density at radius 3 is 2.48 bits per heavy atom. The molecule has 0 atom stereocenters. The molecule has 9 heteroatoms. The second-order valence-corrected chi connectivity index (χ2v) is 11.0. The van der Waals surface area contributed by atoms with Crippen LogP contribution < -0.4 is 10.5 Å². The van der Waals surface area contributed by atoms with Gasteiger partial charge in [0.2, 0.25) is 10.0 Å². The van der Waals surface area contributed by atoms with Gasteiger partial charge >= 0.3 is 0 Å². The van der Waals surface area contributed by atoms with Crippen LogP contribution in [0.1, 0.15) is 43.4 Å². The molecule has 1 aliphatic heterocycles. The fraction of sp³-hybridized carbons (Fsp3) is 0.375. The van der Waals surface area contributed by atoms with Crippen molar-refractivity contribution in [2.24, 2.45) is 0 Å². The standard InChI is InChI=1S/C24H27Cl2N3O3S/c1-16-14-20(27)17-8-7-9-21(24(17)28-16)32-15-18-19(25)10-11-22(23(18)26)33(30,31)29-12-5-3-2-4-6-13-29/h7-11,14H,2-6,12-13,15H2,1H3,(H2,27,28). The Morgan fingerprint density at radius 1 is 1.06 bits per heavy atom. The summed E-state index contributed by atoms with van der Waals surface area (Å²) in [5.41, 5.74) is 8.57. The van der Waals surface area contributed by atoms with Crippen molar-refractivity contribution in [3.63, 3.8) is 0 Å². The van der Waals surface area contributed by atoms with Crippen molar-refractivity contribution in [2.45, 2.75) is 50.5 Å². The highest BCUT2D eigenvalue weighted by Crippen LogP contribution is 2.35. The molecule has 0 radical (unpaired) electrons. The largest absolute Gasteiger partial charge is 0.487 e. The van der Waals surface area contributed by atoms with Crippen LogP contribution >= 0.6 is 23.2 Å². The zero-order valence-electron chi connectivity index (χ0n) is 18.5. The second kappa shape index (κ2) is 10.1. The van der Waals surface area contributed by atoms with E-state index in [1.807, 2.05) is 19.1 Å². The van der Waals surface area contributed by atoms with E-state index in [4.69, 9.17) is 33.7 Å². The summed E-state index contributed by atoms with van der Waals surface area (Å²) in [6.45, 7) is 2.85. The van der Waals surface area contributed by atoms with Gasteiger partial charge in [0, 0.05) is 40.4 Å². The van der Waals surface area contributed by atoms with Crippen LogP contribution in [0.4, 0.5) is 5.69 Å². The molecule has 0 aliphatic carbocycles. The number of aromatic nitrogens is 1. The van der Waals surface area contributed by atoms with E-state index < -0.39 is 10.0 Å². The zero-order valence-corrected chi connectivity index (χ0v) is 20.8. The zero-order chi connectivity index (χ0) is 23.6. The molecule has 0 bridgehead atoms. The summed E-state index contributed by atoms with van der Waals surface area (Å²) < 4.78 is 34.4. The molecule has 3 aromatic rings. The third-order valence-corrected chi connectivity index (χ3v) is 8.76. The lowest BCUT2D eigenvalue weighted by molar-refractivity contribution is 0.309. The molecule has 6 nitrogen and oxygen atoms in total. The summed E-state index contributed by atoms with van der Waals surface area (Å²) in [5.74, 6) is 0.520. The summed E-state index contributed by atoms with van der Waals surface area (Å²) in [7, 11) is -3.74. The van der Waals surface area contributed by atoms with Gasteiger partial charge in [0.1, 0.15) is 22.8 Å². The maximum Gasteiger partial charge on any atom is 0.244 e. The lowest BCUT2D eigenvalue weighted by Crippen LogP contribution is -2.34. The van der Waals surface area contributed by atoms with Crippen molar-refractivity contribution >= 4 is 49.8 Å². The summed E-state index contributed by atoms with van der Waals surface area (Å²) in [6.07, 6.45) is 4.89. The van der Waals surface area contributed by atoms with Gasteiger partial charge in [-0.3, -0.25) is 0 Å². The molecular formula is C24H27Cl2N3O3S. The number of anilines is 1. The Bertz CT molecular complexity index is 1270. The minimum atomic E-state index is -3.74. The van der Waals surface area contributed by atoms with E-state index in [0.717, 1.165) is 43.2 Å². The number of sulfonamides is 1. The van der Waals surface area contributed by atoms with E-state index in [2.05, 4.69) is 4.98 Å². The molecule has 0 saturated carbocycles. The van der Waals surface area contributed by atoms with Crippen LogP contribution in [-0.4, -0.2) is 30.8 Å². The maximum absolute atomic E-state index is 13.4. The molecule has 0 spiro atoms. The number of rotatable bonds is 5. The van der Waals surface area contributed by atoms with Crippen molar-refractivity contribution in [2.75, 3.05) is 18.8 Å². The molecule has 1 aliphatic rings. The summed E-state index contributed by atoms with van der Waals surface area (Å²) in [4.78, 5) is 4.61. The Hall–Kier alpha value is -2.06. The van der Waals surface area contributed by atoms with Gasteiger partial charge in [-0.1, -0.05) is 54.6 Å². The highest BCUT2D eigenvalue weighted by Gasteiger charge is 2.29. The van der Waals surface area contributed by atoms with Crippen molar-refractivity contribution in [3.05, 3.63) is 57.7 Å². The Labute approximate surface area is 204 Å². The average molecular weight is 508 g/mol. The molecule has 2 heterocycles. The van der Waals surface area contributed by atoms with Crippen LogP contribution in [0.25, 0.3) is 10.9 Å². The fourth-order valence-corrected chi connectivity index (χ4v) is 6.53. The first kappa shape index (κ1) is 24.1. The van der Waals surface area contributed by atoms with Crippen LogP contribution in [0.5, 0.6) is 5.75 Å². The average Bonchev–Trinajstić information content (AvgIpc) is 2.73. The topological polar surface area (TPSA) is 85.5 Å². The molecule has 1 saturated heterocycles. The molecule has 2 aromatic carbocycles. The summed E-state index contributed by atoms with van der Waals surface area (Å²) in [6, 6.07) is 10.3. The minimum absolute atomic E-state index is 0.00430. The van der Waals surface area contributed by atoms with Crippen LogP contribution in [-0.2, 0) is 16.6 Å². The third-order valence-electron chi connectivity index (χ3n) is 5.92. The monoisotopic (exact) mass is 507 g/mol. The van der Waals surface area contributed by atoms with Gasteiger partial charge in [0.15, 0.2) is 0 Å². The Kier molecular flexibility index (Phi) is 7.34. The highest BCUT2D eigenvalue weighted by molar-refractivity contribution is 7.89. The molecule has 1 fully saturated rings. The lowest BCUT2D eigenvalue weighted by atomic mass is 10.1. The number of hydrogen-bond acceptors (Lipinski definition) is 5. The molecular weight excluding hydrogens is 481 g/mol. The smallest absolute Gasteiger partial charge is 0.244 e. The lowest BCUT2D eigenvalue weighted by Gasteiger charge is -2.25. The van der Waals surface area contributed by atoms with E-state index in [9.17, 15) is 8.42 Å². The number of aryl methyl sites for hydroxylation is 1. The fourth-order valence-electron chi connectivity index (χ4n) is 4.15. The first-order valence-corrected chi connectivity index (χ1v) is 13.2. The predicted molar refractivity (Wildman–Crippen MR) is 134 cm³/mol. The van der Waals surface area contributed by atoms with Gasteiger partial charge in [-0.15, -0.1) is 0 Å². The Balaban J connectivity index is 1.65. The molecule has 0 unspecified atom stereocenters. The summed E-state index contributed by atoms with van der Waals surface area (Å²) >= 11 is 13.0. The molecule has 176 valence electrons. The van der Waals surface area contributed by atoms with Gasteiger partial charge in [-0.25, -0.2) is 13.4 Å². The van der Waals surface area contributed by atoms with E-state index in [0.29, 0.717) is 40.6 Å². The number of nitrogen functional groups attached to an aromatic ring is 1. The van der Waals surface area contributed by atoms with Gasteiger partial charge in [0.25, 0.3) is 0 Å². The van der Waals surface area contributed by atoms with Gasteiger partial charge in [0.05, 0.1) is 5.02 Å². The predicted octanol–water partition coefficient (Wildman–Crippen LogP) is 5.97. The molecule has 1 aromatic heterocycles. The quantitative estimate of drug-likeness (QED) is 0.459. The van der Waals surface area contributed by atoms with Crippen LogP contribution in [0.3, 0.4) is 0 Å². The number of para-hydroxylation sites is 1. The van der Waals surface area contributed by atoms with Crippen LogP contribution in [0, 0.1) is 6.92 Å². The van der Waals surface area contributed by atoms with Crippen molar-refractivity contribution < 1.29 is 13.2 Å². The van der Waals surface area contributed by atoms with Gasteiger partial charge in [-0.05, 0) is 44.0 Å². The number of fused-ring (bicyclic) bond motifs is 1. The number of nitrogens with zero attached hydrogens (tertiary/aromatic N) is 2. The number of hydrogen-bond donors (Lipinski definition) is 1. The van der Waals surface area contributed by atoms with Gasteiger partial charge in [-0.2, -0.15) is 4.31 Å². The Morgan fingerprint density at radius 2 is 1.76 bits per heavy atom. The van der Waals surface area contributed by atoms with Crippen molar-refractivity contribution in [1.29, 1.82) is 0 Å². The van der Waals surface area contributed by atoms with E-state index in [1.165, 1.54) is 10.4 Å². The van der Waals surface area contributed by atoms with Crippen LogP contribution in [0.2, 0.25) is 10.0 Å². The van der Waals surface area contributed by atoms with Gasteiger partial charge < -0.3 is 10.5 Å². The minimum Gasteiger partial charge on any atom is -0.487 e. The highest BCUT2D eigenvalue weighted by atomic mass is 35.5. The molecule has 0 amide bonds. The number of pyridine rings is 1. The summed E-state index contributed by atoms with van der Waals surface area (Å²) in [5, 5.41) is 1.22. The number of benzene rings is 2. The number of halogens is 2. The SMILES string of the molecule is Cc1cc(N)c2cccc(OCc3c(Cl)ccc(S(=O)(=O)N4CCCCCCC4)c3Cl)c2n1. The van der Waals surface area contributed by atoms with Crippen LogP contribution in [0.15, 0.2) is 41.3 Å². The maximum atomic E-state index is 13.4. The first-order chi connectivity index (χ1) is 15.8. The van der Waals surface area contributed by atoms with Crippen molar-refractivity contribution in [1.82, 2.24) is 9.29 Å². The van der Waals surface area contributed by atoms with Crippen molar-refractivity contribution in [3.8, 4) is 5.75 Å².